The van der Waals surface area contributed by atoms with Crippen LogP contribution in [0.25, 0.3) is 0 Å². The first-order chi connectivity index (χ1) is 9.61. The predicted octanol–water partition coefficient (Wildman–Crippen LogP) is 3.54. The second-order valence-corrected chi connectivity index (χ2v) is 6.20. The van der Waals surface area contributed by atoms with Crippen LogP contribution >= 0.6 is 11.6 Å². The molecule has 0 amide bonds. The van der Waals surface area contributed by atoms with Gasteiger partial charge in [-0.15, -0.1) is 0 Å². The smallest absolute Gasteiger partial charge is 0.138 e. The second-order valence-electron chi connectivity index (χ2n) is 5.84. The Morgan fingerprint density at radius 1 is 1.35 bits per heavy atom. The minimum atomic E-state index is 0.325. The van der Waals surface area contributed by atoms with Crippen LogP contribution in [-0.2, 0) is 0 Å². The fourth-order valence-electron chi connectivity index (χ4n) is 2.81. The summed E-state index contributed by atoms with van der Waals surface area (Å²) in [5.41, 5.74) is 1.03. The van der Waals surface area contributed by atoms with Gasteiger partial charge in [0.1, 0.15) is 17.3 Å². The molecule has 112 valence electrons. The third-order valence-corrected chi connectivity index (χ3v) is 4.18. The summed E-state index contributed by atoms with van der Waals surface area (Å²) >= 11 is 6.21. The fraction of sp³-hybridized carbons (Fsp3) is 0.733. The van der Waals surface area contributed by atoms with E-state index in [1.165, 1.54) is 38.9 Å². The molecule has 0 bridgehead atoms. The highest BCUT2D eigenvalue weighted by Crippen LogP contribution is 2.29. The van der Waals surface area contributed by atoms with Crippen LogP contribution in [0, 0.1) is 0 Å². The van der Waals surface area contributed by atoms with Gasteiger partial charge >= 0.3 is 0 Å². The lowest BCUT2D eigenvalue weighted by Crippen LogP contribution is -2.39. The van der Waals surface area contributed by atoms with E-state index in [1.807, 2.05) is 0 Å². The number of halogens is 1. The molecule has 5 heteroatoms. The van der Waals surface area contributed by atoms with Crippen LogP contribution in [0.15, 0.2) is 6.33 Å². The maximum atomic E-state index is 6.21. The molecule has 0 aliphatic carbocycles. The van der Waals surface area contributed by atoms with Crippen molar-refractivity contribution in [2.24, 2.45) is 0 Å². The maximum Gasteiger partial charge on any atom is 0.138 e. The van der Waals surface area contributed by atoms with E-state index in [-0.39, 0.29) is 0 Å². The van der Waals surface area contributed by atoms with Gasteiger partial charge in [-0.1, -0.05) is 32.4 Å². The van der Waals surface area contributed by atoms with Gasteiger partial charge in [-0.05, 0) is 31.7 Å². The number of hydrogen-bond donors (Lipinski definition) is 1. The van der Waals surface area contributed by atoms with Gasteiger partial charge in [0.05, 0.1) is 0 Å². The number of hydrogen-bond acceptors (Lipinski definition) is 4. The van der Waals surface area contributed by atoms with Crippen LogP contribution in [0.3, 0.4) is 0 Å². The largest absolute Gasteiger partial charge is 0.367 e. The van der Waals surface area contributed by atoms with Gasteiger partial charge in [-0.2, -0.15) is 0 Å². The number of likely N-dealkylation sites (tertiary alicyclic amines) is 1. The van der Waals surface area contributed by atoms with Gasteiger partial charge in [0.25, 0.3) is 0 Å². The van der Waals surface area contributed by atoms with Crippen LogP contribution < -0.4 is 5.32 Å². The van der Waals surface area contributed by atoms with E-state index < -0.39 is 0 Å². The van der Waals surface area contributed by atoms with E-state index in [4.69, 9.17) is 11.6 Å². The molecule has 0 spiro atoms. The highest BCUT2D eigenvalue weighted by molar-refractivity contribution is 6.30. The molecule has 20 heavy (non-hydrogen) atoms. The van der Waals surface area contributed by atoms with Crippen molar-refractivity contribution < 1.29 is 0 Å². The first-order valence-electron chi connectivity index (χ1n) is 7.61. The Kier molecular flexibility index (Phi) is 5.61. The van der Waals surface area contributed by atoms with Crippen molar-refractivity contribution in [2.75, 3.05) is 25.0 Å². The molecular formula is C15H25ClN4. The van der Waals surface area contributed by atoms with Crippen LogP contribution in [0.4, 0.5) is 5.82 Å². The maximum absolute atomic E-state index is 6.21. The standard InChI is InChI=1S/C15H25ClN4/c1-4-7-20-8-5-12(6-9-20)19-15-13(11(2)3)14(16)17-10-18-15/h10-12H,4-9H2,1-3H3,(H,17,18,19). The van der Waals surface area contributed by atoms with Crippen molar-refractivity contribution in [3.63, 3.8) is 0 Å². The number of rotatable bonds is 5. The first-order valence-corrected chi connectivity index (χ1v) is 7.98. The number of anilines is 1. The third-order valence-electron chi connectivity index (χ3n) is 3.88. The van der Waals surface area contributed by atoms with Gasteiger partial charge in [0.2, 0.25) is 0 Å². The Labute approximate surface area is 126 Å². The molecule has 0 atom stereocenters. The second kappa shape index (κ2) is 7.23. The molecule has 4 nitrogen and oxygen atoms in total. The van der Waals surface area contributed by atoms with Gasteiger partial charge in [-0.3, -0.25) is 0 Å². The molecule has 1 aliphatic rings. The third kappa shape index (κ3) is 3.83. The molecule has 2 rings (SSSR count). The van der Waals surface area contributed by atoms with Gasteiger partial charge in [-0.25, -0.2) is 9.97 Å². The summed E-state index contributed by atoms with van der Waals surface area (Å²) in [7, 11) is 0. The molecule has 0 unspecified atom stereocenters. The van der Waals surface area contributed by atoms with Gasteiger partial charge in [0.15, 0.2) is 0 Å². The summed E-state index contributed by atoms with van der Waals surface area (Å²) < 4.78 is 0. The van der Waals surface area contributed by atoms with E-state index in [0.29, 0.717) is 17.1 Å². The van der Waals surface area contributed by atoms with Crippen LogP contribution in [0.2, 0.25) is 5.15 Å². The van der Waals surface area contributed by atoms with Crippen molar-refractivity contribution in [2.45, 2.75) is 52.0 Å². The van der Waals surface area contributed by atoms with Crippen molar-refractivity contribution >= 4 is 17.4 Å². The van der Waals surface area contributed by atoms with Crippen LogP contribution in [-0.4, -0.2) is 40.5 Å². The summed E-state index contributed by atoms with van der Waals surface area (Å²) in [5.74, 6) is 1.24. The van der Waals surface area contributed by atoms with Gasteiger partial charge in [0, 0.05) is 24.7 Å². The summed E-state index contributed by atoms with van der Waals surface area (Å²) in [6, 6.07) is 0.492. The van der Waals surface area contributed by atoms with E-state index in [9.17, 15) is 0 Å². The fourth-order valence-corrected chi connectivity index (χ4v) is 3.16. The van der Waals surface area contributed by atoms with Crippen LogP contribution in [0.5, 0.6) is 0 Å². The zero-order valence-corrected chi connectivity index (χ0v) is 13.5. The molecule has 1 aromatic heterocycles. The molecule has 1 fully saturated rings. The molecule has 0 aromatic carbocycles. The Morgan fingerprint density at radius 2 is 2.05 bits per heavy atom. The number of piperidine rings is 1. The highest BCUT2D eigenvalue weighted by atomic mass is 35.5. The van der Waals surface area contributed by atoms with E-state index >= 15 is 0 Å². The van der Waals surface area contributed by atoms with E-state index in [2.05, 4.69) is 41.0 Å². The highest BCUT2D eigenvalue weighted by Gasteiger charge is 2.21. The number of aromatic nitrogens is 2. The molecule has 1 aromatic rings. The first kappa shape index (κ1) is 15.5. The summed E-state index contributed by atoms with van der Waals surface area (Å²) in [5, 5.41) is 4.14. The average molecular weight is 297 g/mol. The van der Waals surface area contributed by atoms with E-state index in [1.54, 1.807) is 6.33 Å². The monoisotopic (exact) mass is 296 g/mol. The summed E-state index contributed by atoms with van der Waals surface area (Å²) in [4.78, 5) is 11.0. The molecule has 1 aliphatic heterocycles. The average Bonchev–Trinajstić information content (AvgIpc) is 2.41. The lowest BCUT2D eigenvalue weighted by atomic mass is 10.0. The van der Waals surface area contributed by atoms with Crippen LogP contribution in [0.1, 0.15) is 51.5 Å². The van der Waals surface area contributed by atoms with Crippen molar-refractivity contribution in [3.8, 4) is 0 Å². The summed E-state index contributed by atoms with van der Waals surface area (Å²) in [6.45, 7) is 10.0. The zero-order chi connectivity index (χ0) is 14.5. The summed E-state index contributed by atoms with van der Waals surface area (Å²) in [6.07, 6.45) is 5.11. The molecule has 1 N–H and O–H groups in total. The number of nitrogens with one attached hydrogen (secondary N) is 1. The molecule has 1 saturated heterocycles. The topological polar surface area (TPSA) is 41.0 Å². The molecule has 0 saturated carbocycles. The SMILES string of the molecule is CCCN1CCC(Nc2ncnc(Cl)c2C(C)C)CC1. The minimum absolute atomic E-state index is 0.325. The van der Waals surface area contributed by atoms with Crippen molar-refractivity contribution in [3.05, 3.63) is 17.0 Å². The molecular weight excluding hydrogens is 272 g/mol. The van der Waals surface area contributed by atoms with Gasteiger partial charge < -0.3 is 10.2 Å². The van der Waals surface area contributed by atoms with E-state index in [0.717, 1.165) is 11.4 Å². The zero-order valence-electron chi connectivity index (χ0n) is 12.7. The Bertz CT molecular complexity index is 428. The number of nitrogens with zero attached hydrogens (tertiary/aromatic N) is 3. The normalized spacial score (nSPS) is 17.6. The Morgan fingerprint density at radius 3 is 2.65 bits per heavy atom. The molecule has 0 radical (unpaired) electrons. The predicted molar refractivity (Wildman–Crippen MR) is 84.5 cm³/mol. The Balaban J connectivity index is 1.99. The molecule has 2 heterocycles. The van der Waals surface area contributed by atoms with Crippen molar-refractivity contribution in [1.82, 2.24) is 14.9 Å². The quantitative estimate of drug-likeness (QED) is 0.844. The lowest BCUT2D eigenvalue weighted by Gasteiger charge is -2.32. The minimum Gasteiger partial charge on any atom is -0.367 e. The Hall–Kier alpha value is -0.870. The lowest BCUT2D eigenvalue weighted by molar-refractivity contribution is 0.219. The van der Waals surface area contributed by atoms with Crippen molar-refractivity contribution in [1.29, 1.82) is 0 Å².